The molecule has 7 N–H and O–H groups in total. The van der Waals surface area contributed by atoms with E-state index in [2.05, 4.69) is 9.88 Å². The molecule has 34 heavy (non-hydrogen) atoms. The third-order valence-electron chi connectivity index (χ3n) is 6.68. The van der Waals surface area contributed by atoms with Crippen LogP contribution in [0.3, 0.4) is 0 Å². The smallest absolute Gasteiger partial charge is 0.268 e. The van der Waals surface area contributed by atoms with Gasteiger partial charge in [0.25, 0.3) is 5.91 Å². The van der Waals surface area contributed by atoms with Crippen molar-refractivity contribution in [2.24, 2.45) is 17.2 Å². The van der Waals surface area contributed by atoms with Crippen molar-refractivity contribution in [2.45, 2.75) is 43.2 Å². The van der Waals surface area contributed by atoms with Crippen LogP contribution in [0.15, 0.2) is 35.1 Å². The second kappa shape index (κ2) is 8.71. The van der Waals surface area contributed by atoms with Crippen molar-refractivity contribution in [2.75, 3.05) is 22.9 Å². The lowest BCUT2D eigenvalue weighted by atomic mass is 10.00. The zero-order valence-corrected chi connectivity index (χ0v) is 19.2. The quantitative estimate of drug-likeness (QED) is 0.510. The predicted octanol–water partition coefficient (Wildman–Crippen LogP) is 1.61. The summed E-state index contributed by atoms with van der Waals surface area (Å²) in [5, 5.41) is 9.26. The fourth-order valence-corrected chi connectivity index (χ4v) is 6.29. The molecule has 0 spiro atoms. The minimum absolute atomic E-state index is 0.0278. The van der Waals surface area contributed by atoms with Crippen molar-refractivity contribution < 1.29 is 18.7 Å². The Labute approximate surface area is 199 Å². The number of piperidine rings is 1. The summed E-state index contributed by atoms with van der Waals surface area (Å²) in [7, 11) is 0. The number of thioether (sulfide) groups is 1. The van der Waals surface area contributed by atoms with Crippen LogP contribution in [0.5, 0.6) is 0 Å². The van der Waals surface area contributed by atoms with E-state index in [9.17, 15) is 18.7 Å². The van der Waals surface area contributed by atoms with Crippen LogP contribution >= 0.6 is 11.8 Å². The fourth-order valence-electron chi connectivity index (χ4n) is 5.07. The van der Waals surface area contributed by atoms with Crippen LogP contribution in [0.25, 0.3) is 0 Å². The summed E-state index contributed by atoms with van der Waals surface area (Å²) >= 11 is 0.967. The molecule has 1 fully saturated rings. The van der Waals surface area contributed by atoms with Crippen molar-refractivity contribution in [3.8, 4) is 0 Å². The third kappa shape index (κ3) is 3.68. The molecule has 1 unspecified atom stereocenters. The summed E-state index contributed by atoms with van der Waals surface area (Å²) < 4.78 is 29.8. The zero-order chi connectivity index (χ0) is 24.1. The Morgan fingerprint density at radius 3 is 2.65 bits per heavy atom. The monoisotopic (exact) mass is 488 g/mol. The summed E-state index contributed by atoms with van der Waals surface area (Å²) in [6, 6.07) is 3.16. The second-order valence-electron chi connectivity index (χ2n) is 8.79. The number of aromatic nitrogens is 1. The van der Waals surface area contributed by atoms with Crippen LogP contribution < -0.4 is 27.0 Å². The van der Waals surface area contributed by atoms with Crippen LogP contribution in [0.4, 0.5) is 20.2 Å². The molecule has 5 rings (SSSR count). The maximum atomic E-state index is 14.9. The van der Waals surface area contributed by atoms with E-state index < -0.39 is 35.1 Å². The van der Waals surface area contributed by atoms with Gasteiger partial charge in [-0.1, -0.05) is 17.8 Å². The number of aliphatic hydroxyl groups is 1. The molecule has 2 aromatic rings. The standard InChI is InChI=1S/C23H26F2N6O2S/c24-12-4-2-5-13(25)18(12)23-31(20(21(27)33)22(28)34-23)16-9-29-15-6-1-3-11(15)19(16)30-8-7-17(32)14(26)10-30/h2,4-5,9,14,17,23,32H,1,3,6-8,10,26,28H2,(H2,27,33)/t14-,17+,23?/m0/s1. The number of nitrogens with two attached hydrogens (primary N) is 3. The molecule has 11 heteroatoms. The average Bonchev–Trinajstić information content (AvgIpc) is 3.39. The number of rotatable bonds is 4. The van der Waals surface area contributed by atoms with Crippen molar-refractivity contribution in [3.63, 3.8) is 0 Å². The Kier molecular flexibility index (Phi) is 5.86. The molecule has 0 radical (unpaired) electrons. The summed E-state index contributed by atoms with van der Waals surface area (Å²) in [6.07, 6.45) is 3.97. The van der Waals surface area contributed by atoms with E-state index in [-0.39, 0.29) is 16.3 Å². The van der Waals surface area contributed by atoms with E-state index >= 15 is 0 Å². The molecule has 3 aliphatic rings. The first-order valence-corrected chi connectivity index (χ1v) is 12.0. The second-order valence-corrected chi connectivity index (χ2v) is 9.91. The molecule has 1 saturated heterocycles. The number of hydrogen-bond acceptors (Lipinski definition) is 8. The number of carbonyl (C=O) groups is 1. The number of benzene rings is 1. The van der Waals surface area contributed by atoms with Gasteiger partial charge in [-0.3, -0.25) is 9.78 Å². The van der Waals surface area contributed by atoms with E-state index in [0.29, 0.717) is 25.2 Å². The summed E-state index contributed by atoms with van der Waals surface area (Å²) in [4.78, 5) is 20.7. The third-order valence-corrected chi connectivity index (χ3v) is 7.80. The van der Waals surface area contributed by atoms with Gasteiger partial charge < -0.3 is 32.1 Å². The number of amides is 1. The highest BCUT2D eigenvalue weighted by Gasteiger charge is 2.42. The number of pyridine rings is 1. The van der Waals surface area contributed by atoms with E-state index in [1.54, 1.807) is 6.20 Å². The van der Waals surface area contributed by atoms with Gasteiger partial charge in [-0.2, -0.15) is 0 Å². The molecule has 0 saturated carbocycles. The average molecular weight is 489 g/mol. The molecule has 1 aromatic heterocycles. The zero-order valence-electron chi connectivity index (χ0n) is 18.4. The number of carbonyl (C=O) groups excluding carboxylic acids is 1. The molecule has 1 aliphatic carbocycles. The highest BCUT2D eigenvalue weighted by Crippen LogP contribution is 2.52. The first-order valence-electron chi connectivity index (χ1n) is 11.2. The van der Waals surface area contributed by atoms with Crippen LogP contribution in [-0.4, -0.2) is 41.2 Å². The van der Waals surface area contributed by atoms with Gasteiger partial charge in [-0.25, -0.2) is 8.78 Å². The van der Waals surface area contributed by atoms with Gasteiger partial charge in [0.1, 0.15) is 22.7 Å². The maximum absolute atomic E-state index is 14.9. The SMILES string of the molecule is NC(=O)C1=C(N)SC(c2c(F)cccc2F)N1c1cnc2c(c1N1CC[C@@H](O)[C@@H](N)C1)CCC2. The Hall–Kier alpha value is -2.89. The van der Waals surface area contributed by atoms with Crippen LogP contribution in [-0.2, 0) is 17.6 Å². The number of fused-ring (bicyclic) bond motifs is 1. The highest BCUT2D eigenvalue weighted by molar-refractivity contribution is 8.03. The van der Waals surface area contributed by atoms with Crippen LogP contribution in [0.2, 0.25) is 0 Å². The lowest BCUT2D eigenvalue weighted by Crippen LogP contribution is -2.52. The van der Waals surface area contributed by atoms with Crippen molar-refractivity contribution >= 4 is 29.0 Å². The van der Waals surface area contributed by atoms with Crippen LogP contribution in [0.1, 0.15) is 35.0 Å². The molecule has 8 nitrogen and oxygen atoms in total. The summed E-state index contributed by atoms with van der Waals surface area (Å²) in [5.41, 5.74) is 21.1. The van der Waals surface area contributed by atoms with Gasteiger partial charge in [0.15, 0.2) is 0 Å². The first kappa shape index (κ1) is 22.9. The van der Waals surface area contributed by atoms with Crippen molar-refractivity contribution in [1.29, 1.82) is 0 Å². The minimum atomic E-state index is -0.993. The van der Waals surface area contributed by atoms with Gasteiger partial charge >= 0.3 is 0 Å². The highest BCUT2D eigenvalue weighted by atomic mass is 32.2. The Morgan fingerprint density at radius 2 is 1.97 bits per heavy atom. The van der Waals surface area contributed by atoms with E-state index in [4.69, 9.17) is 17.2 Å². The largest absolute Gasteiger partial charge is 0.392 e. The number of hydrogen-bond donors (Lipinski definition) is 4. The number of aryl methyl sites for hydroxylation is 1. The van der Waals surface area contributed by atoms with Crippen LogP contribution in [0, 0.1) is 11.6 Å². The van der Waals surface area contributed by atoms with Gasteiger partial charge in [0.05, 0.1) is 34.3 Å². The Morgan fingerprint density at radius 1 is 1.24 bits per heavy atom. The molecule has 3 atom stereocenters. The van der Waals surface area contributed by atoms with Gasteiger partial charge in [-0.15, -0.1) is 0 Å². The number of primary amides is 1. The topological polar surface area (TPSA) is 135 Å². The molecule has 1 aromatic carbocycles. The number of aliphatic hydroxyl groups excluding tert-OH is 1. The van der Waals surface area contributed by atoms with Gasteiger partial charge in [0, 0.05) is 24.8 Å². The summed E-state index contributed by atoms with van der Waals surface area (Å²) in [6.45, 7) is 0.915. The maximum Gasteiger partial charge on any atom is 0.268 e. The van der Waals surface area contributed by atoms with E-state index in [0.717, 1.165) is 48.0 Å². The molecule has 3 heterocycles. The molecule has 180 valence electrons. The number of halogens is 2. The molecule has 0 bridgehead atoms. The predicted molar refractivity (Wildman–Crippen MR) is 127 cm³/mol. The number of anilines is 2. The summed E-state index contributed by atoms with van der Waals surface area (Å²) in [5.74, 6) is -2.30. The van der Waals surface area contributed by atoms with Gasteiger partial charge in [-0.05, 0) is 43.4 Å². The Balaban J connectivity index is 1.71. The molecular formula is C23H26F2N6O2S. The Bertz CT molecular complexity index is 1170. The van der Waals surface area contributed by atoms with Crippen molar-refractivity contribution in [3.05, 3.63) is 63.6 Å². The van der Waals surface area contributed by atoms with E-state index in [1.165, 1.54) is 23.1 Å². The van der Waals surface area contributed by atoms with E-state index in [1.807, 2.05) is 0 Å². The number of nitrogens with zero attached hydrogens (tertiary/aromatic N) is 3. The van der Waals surface area contributed by atoms with Crippen molar-refractivity contribution in [1.82, 2.24) is 4.98 Å². The lowest BCUT2D eigenvalue weighted by molar-refractivity contribution is -0.114. The first-order chi connectivity index (χ1) is 16.3. The molecule has 2 aliphatic heterocycles. The van der Waals surface area contributed by atoms with Gasteiger partial charge in [0.2, 0.25) is 0 Å². The lowest BCUT2D eigenvalue weighted by Gasteiger charge is -2.40. The molecule has 1 amide bonds. The normalized spacial score (nSPS) is 24.6. The minimum Gasteiger partial charge on any atom is -0.392 e. The molecular weight excluding hydrogens is 462 g/mol. The fraction of sp³-hybridized carbons (Fsp3) is 0.391.